The van der Waals surface area contributed by atoms with Gasteiger partial charge in [-0.25, -0.2) is 0 Å². The molecule has 1 heterocycles. The van der Waals surface area contributed by atoms with Gasteiger partial charge in [0, 0.05) is 26.6 Å². The van der Waals surface area contributed by atoms with Crippen molar-refractivity contribution in [2.45, 2.75) is 26.2 Å². The Morgan fingerprint density at radius 1 is 1.19 bits per heavy atom. The first-order chi connectivity index (χ1) is 12.5. The van der Waals surface area contributed by atoms with Gasteiger partial charge in [-0.2, -0.15) is 0 Å². The van der Waals surface area contributed by atoms with Crippen LogP contribution in [0.1, 0.15) is 26.2 Å². The van der Waals surface area contributed by atoms with Crippen molar-refractivity contribution in [2.24, 2.45) is 5.41 Å². The van der Waals surface area contributed by atoms with Crippen LogP contribution in [-0.4, -0.2) is 61.9 Å². The van der Waals surface area contributed by atoms with Crippen molar-refractivity contribution in [1.82, 2.24) is 4.90 Å². The number of hydrogen-bond donors (Lipinski definition) is 1. The van der Waals surface area contributed by atoms with Gasteiger partial charge in [0.15, 0.2) is 0 Å². The standard InChI is InChI=1S/C19H27NO6/c1-3-25-15-6-8-16(9-7-15)26-12-4-5-17(21)20-11-10-19(13-20,14-24-2)18(22)23/h6-9H,3-5,10-14H2,1-2H3,(H,22,23). The lowest BCUT2D eigenvalue weighted by molar-refractivity contribution is -0.151. The number of carbonyl (C=O) groups is 2. The molecule has 1 amide bonds. The second-order valence-corrected chi connectivity index (χ2v) is 6.44. The highest BCUT2D eigenvalue weighted by atomic mass is 16.5. The van der Waals surface area contributed by atoms with Crippen LogP contribution in [0.25, 0.3) is 0 Å². The molecule has 0 radical (unpaired) electrons. The summed E-state index contributed by atoms with van der Waals surface area (Å²) in [6, 6.07) is 7.35. The Hall–Kier alpha value is -2.28. The molecule has 2 rings (SSSR count). The summed E-state index contributed by atoms with van der Waals surface area (Å²) in [7, 11) is 1.48. The summed E-state index contributed by atoms with van der Waals surface area (Å²) >= 11 is 0. The number of ether oxygens (including phenoxy) is 3. The van der Waals surface area contributed by atoms with Crippen molar-refractivity contribution in [3.8, 4) is 11.5 Å². The molecule has 1 aliphatic rings. The van der Waals surface area contributed by atoms with E-state index in [0.717, 1.165) is 11.5 Å². The van der Waals surface area contributed by atoms with Gasteiger partial charge in [-0.05, 0) is 44.0 Å². The van der Waals surface area contributed by atoms with Crippen molar-refractivity contribution < 1.29 is 28.9 Å². The number of rotatable bonds is 10. The summed E-state index contributed by atoms with van der Waals surface area (Å²) in [5, 5.41) is 9.44. The Labute approximate surface area is 153 Å². The van der Waals surface area contributed by atoms with Gasteiger partial charge >= 0.3 is 5.97 Å². The second-order valence-electron chi connectivity index (χ2n) is 6.44. The minimum Gasteiger partial charge on any atom is -0.494 e. The van der Waals surface area contributed by atoms with Crippen LogP contribution < -0.4 is 9.47 Å². The third-order valence-electron chi connectivity index (χ3n) is 4.52. The fraction of sp³-hybridized carbons (Fsp3) is 0.579. The second kappa shape index (κ2) is 9.43. The average molecular weight is 365 g/mol. The van der Waals surface area contributed by atoms with E-state index in [1.807, 2.05) is 31.2 Å². The zero-order valence-electron chi connectivity index (χ0n) is 15.4. The molecule has 7 heteroatoms. The van der Waals surface area contributed by atoms with Gasteiger partial charge in [-0.15, -0.1) is 0 Å². The monoisotopic (exact) mass is 365 g/mol. The molecule has 0 saturated carbocycles. The molecule has 144 valence electrons. The molecule has 1 saturated heterocycles. The van der Waals surface area contributed by atoms with Crippen molar-refractivity contribution in [1.29, 1.82) is 0 Å². The van der Waals surface area contributed by atoms with E-state index in [4.69, 9.17) is 14.2 Å². The van der Waals surface area contributed by atoms with Gasteiger partial charge in [0.1, 0.15) is 16.9 Å². The van der Waals surface area contributed by atoms with E-state index < -0.39 is 11.4 Å². The summed E-state index contributed by atoms with van der Waals surface area (Å²) in [5.74, 6) is 0.571. The van der Waals surface area contributed by atoms with Crippen molar-refractivity contribution in [2.75, 3.05) is 40.0 Å². The summed E-state index contributed by atoms with van der Waals surface area (Å²) in [6.07, 6.45) is 1.33. The largest absolute Gasteiger partial charge is 0.494 e. The number of benzene rings is 1. The van der Waals surface area contributed by atoms with Crippen LogP contribution in [0, 0.1) is 5.41 Å². The maximum absolute atomic E-state index is 12.3. The fourth-order valence-corrected chi connectivity index (χ4v) is 3.09. The number of carboxylic acids is 1. The van der Waals surface area contributed by atoms with E-state index in [2.05, 4.69) is 0 Å². The van der Waals surface area contributed by atoms with Crippen molar-refractivity contribution >= 4 is 11.9 Å². The highest BCUT2D eigenvalue weighted by Crippen LogP contribution is 2.31. The van der Waals surface area contributed by atoms with E-state index >= 15 is 0 Å². The highest BCUT2D eigenvalue weighted by molar-refractivity contribution is 5.80. The molecule has 1 aromatic carbocycles. The van der Waals surface area contributed by atoms with Crippen LogP contribution in [0.15, 0.2) is 24.3 Å². The van der Waals surface area contributed by atoms with Gasteiger partial charge in [0.2, 0.25) is 5.91 Å². The van der Waals surface area contributed by atoms with Gasteiger partial charge in [-0.3, -0.25) is 9.59 Å². The number of methoxy groups -OCH3 is 1. The molecule has 1 fully saturated rings. The molecular weight excluding hydrogens is 338 g/mol. The lowest BCUT2D eigenvalue weighted by atomic mass is 9.88. The molecule has 0 spiro atoms. The first kappa shape index (κ1) is 20.0. The van der Waals surface area contributed by atoms with E-state index in [1.54, 1.807) is 4.90 Å². The number of carbonyl (C=O) groups excluding carboxylic acids is 1. The smallest absolute Gasteiger partial charge is 0.313 e. The van der Waals surface area contributed by atoms with Crippen LogP contribution in [0.5, 0.6) is 11.5 Å². The van der Waals surface area contributed by atoms with E-state index in [9.17, 15) is 14.7 Å². The third-order valence-corrected chi connectivity index (χ3v) is 4.52. The Kier molecular flexibility index (Phi) is 7.26. The Balaban J connectivity index is 1.73. The maximum Gasteiger partial charge on any atom is 0.313 e. The first-order valence-electron chi connectivity index (χ1n) is 8.86. The fourth-order valence-electron chi connectivity index (χ4n) is 3.09. The molecule has 1 unspecified atom stereocenters. The number of carboxylic acid groups (broad SMARTS) is 1. The van der Waals surface area contributed by atoms with Crippen LogP contribution in [0.3, 0.4) is 0 Å². The predicted octanol–water partition coefficient (Wildman–Crippen LogP) is 2.19. The Morgan fingerprint density at radius 2 is 1.85 bits per heavy atom. The molecular formula is C19H27NO6. The molecule has 0 bridgehead atoms. The summed E-state index contributed by atoms with van der Waals surface area (Å²) < 4.78 is 16.0. The van der Waals surface area contributed by atoms with E-state index in [1.165, 1.54) is 7.11 Å². The predicted molar refractivity (Wildman–Crippen MR) is 95.5 cm³/mol. The topological polar surface area (TPSA) is 85.3 Å². The normalized spacial score (nSPS) is 19.4. The molecule has 26 heavy (non-hydrogen) atoms. The van der Waals surface area contributed by atoms with Crippen LogP contribution >= 0.6 is 0 Å². The lowest BCUT2D eigenvalue weighted by Gasteiger charge is -2.23. The van der Waals surface area contributed by atoms with Crippen LogP contribution in [-0.2, 0) is 14.3 Å². The van der Waals surface area contributed by atoms with Crippen LogP contribution in [0.4, 0.5) is 0 Å². The van der Waals surface area contributed by atoms with Crippen molar-refractivity contribution in [3.05, 3.63) is 24.3 Å². The summed E-state index contributed by atoms with van der Waals surface area (Å²) in [5.41, 5.74) is -0.983. The zero-order chi connectivity index (χ0) is 19.0. The molecule has 1 aromatic rings. The first-order valence-corrected chi connectivity index (χ1v) is 8.86. The highest BCUT2D eigenvalue weighted by Gasteiger charge is 2.46. The Bertz CT molecular complexity index is 603. The molecule has 0 aromatic heterocycles. The number of nitrogens with zero attached hydrogens (tertiary/aromatic N) is 1. The number of likely N-dealkylation sites (tertiary alicyclic amines) is 1. The maximum atomic E-state index is 12.3. The third kappa shape index (κ3) is 5.11. The summed E-state index contributed by atoms with van der Waals surface area (Å²) in [4.78, 5) is 25.4. The molecule has 0 aliphatic carbocycles. The van der Waals surface area contributed by atoms with Gasteiger partial charge in [-0.1, -0.05) is 0 Å². The Morgan fingerprint density at radius 3 is 2.42 bits per heavy atom. The number of amides is 1. The minimum absolute atomic E-state index is 0.0421. The van der Waals surface area contributed by atoms with E-state index in [0.29, 0.717) is 39.0 Å². The van der Waals surface area contributed by atoms with Crippen LogP contribution in [0.2, 0.25) is 0 Å². The van der Waals surface area contributed by atoms with Crippen molar-refractivity contribution in [3.63, 3.8) is 0 Å². The van der Waals surface area contributed by atoms with Gasteiger partial charge in [0.05, 0.1) is 19.8 Å². The van der Waals surface area contributed by atoms with Gasteiger partial charge < -0.3 is 24.2 Å². The quantitative estimate of drug-likeness (QED) is 0.640. The lowest BCUT2D eigenvalue weighted by Crippen LogP contribution is -2.40. The molecule has 1 atom stereocenters. The number of aliphatic carboxylic acids is 1. The molecule has 7 nitrogen and oxygen atoms in total. The number of hydrogen-bond acceptors (Lipinski definition) is 5. The average Bonchev–Trinajstić information content (AvgIpc) is 3.06. The summed E-state index contributed by atoms with van der Waals surface area (Å²) in [6.45, 7) is 3.75. The minimum atomic E-state index is -0.983. The zero-order valence-corrected chi connectivity index (χ0v) is 15.4. The van der Waals surface area contributed by atoms with Gasteiger partial charge in [0.25, 0.3) is 0 Å². The van der Waals surface area contributed by atoms with E-state index in [-0.39, 0.29) is 19.1 Å². The molecule has 1 aliphatic heterocycles. The SMILES string of the molecule is CCOc1ccc(OCCCC(=O)N2CCC(COC)(C(=O)O)C2)cc1. The molecule has 1 N–H and O–H groups in total.